The normalized spacial score (nSPS) is 26.6. The zero-order valence-electron chi connectivity index (χ0n) is 8.32. The molecule has 0 amide bonds. The molecule has 2 unspecified atom stereocenters. The Hall–Kier alpha value is -1.02. The Morgan fingerprint density at radius 3 is 2.71 bits per heavy atom. The molecule has 3 N–H and O–H groups in total. The van der Waals surface area contributed by atoms with E-state index < -0.39 is 0 Å². The van der Waals surface area contributed by atoms with E-state index in [1.807, 2.05) is 18.2 Å². The van der Waals surface area contributed by atoms with Crippen LogP contribution < -0.4 is 5.73 Å². The number of nitrogens with two attached hydrogens (primary N) is 1. The molecule has 76 valence electrons. The lowest BCUT2D eigenvalue weighted by Gasteiger charge is -2.15. The average Bonchev–Trinajstić information content (AvgIpc) is 2.56. The zero-order chi connectivity index (χ0) is 9.97. The molecule has 2 heteroatoms. The zero-order valence-corrected chi connectivity index (χ0v) is 8.32. The molecule has 2 nitrogen and oxygen atoms in total. The van der Waals surface area contributed by atoms with E-state index in [-0.39, 0.29) is 0 Å². The lowest BCUT2D eigenvalue weighted by molar-refractivity contribution is 0.441. The van der Waals surface area contributed by atoms with Gasteiger partial charge in [-0.25, -0.2) is 0 Å². The summed E-state index contributed by atoms with van der Waals surface area (Å²) in [5.74, 6) is 0.968. The molecule has 2 atom stereocenters. The monoisotopic (exact) mass is 191 g/mol. The van der Waals surface area contributed by atoms with Gasteiger partial charge in [-0.2, -0.15) is 0 Å². The molecule has 1 fully saturated rings. The number of hydrogen-bond acceptors (Lipinski definition) is 2. The van der Waals surface area contributed by atoms with Gasteiger partial charge in [0, 0.05) is 6.04 Å². The first-order chi connectivity index (χ1) is 6.77. The Morgan fingerprint density at radius 2 is 2.07 bits per heavy atom. The summed E-state index contributed by atoms with van der Waals surface area (Å²) in [4.78, 5) is 0. The Kier molecular flexibility index (Phi) is 2.73. The third-order valence-corrected chi connectivity index (χ3v) is 3.19. The molecule has 0 saturated heterocycles. The Morgan fingerprint density at radius 1 is 1.29 bits per heavy atom. The third-order valence-electron chi connectivity index (χ3n) is 3.19. The van der Waals surface area contributed by atoms with Crippen molar-refractivity contribution in [2.24, 2.45) is 11.7 Å². The molecule has 0 heterocycles. The molecule has 1 aromatic carbocycles. The predicted molar refractivity (Wildman–Crippen MR) is 57.1 cm³/mol. The number of aromatic hydroxyl groups is 1. The maximum atomic E-state index is 9.62. The van der Waals surface area contributed by atoms with Gasteiger partial charge in [0.15, 0.2) is 0 Å². The first-order valence-electron chi connectivity index (χ1n) is 5.30. The highest BCUT2D eigenvalue weighted by molar-refractivity contribution is 5.32. The van der Waals surface area contributed by atoms with Gasteiger partial charge in [0.25, 0.3) is 0 Å². The molecular formula is C12H17NO. The lowest BCUT2D eigenvalue weighted by atomic mass is 9.95. The fourth-order valence-corrected chi connectivity index (χ4v) is 2.28. The van der Waals surface area contributed by atoms with Crippen LogP contribution in [0, 0.1) is 5.92 Å². The maximum Gasteiger partial charge on any atom is 0.118 e. The highest BCUT2D eigenvalue weighted by Gasteiger charge is 2.24. The maximum absolute atomic E-state index is 9.62. The Balaban J connectivity index is 2.07. The smallest absolute Gasteiger partial charge is 0.118 e. The second-order valence-corrected chi connectivity index (χ2v) is 4.19. The summed E-state index contributed by atoms with van der Waals surface area (Å²) in [6.45, 7) is 0. The first-order valence-corrected chi connectivity index (χ1v) is 5.30. The fourth-order valence-electron chi connectivity index (χ4n) is 2.28. The standard InChI is InChI=1S/C12H17NO/c13-11-6-3-5-9(11)8-10-4-1-2-7-12(10)14/h1-2,4,7,9,11,14H,3,5-6,8,13H2. The van der Waals surface area contributed by atoms with Crippen LogP contribution in [0.5, 0.6) is 5.75 Å². The van der Waals surface area contributed by atoms with E-state index in [2.05, 4.69) is 0 Å². The van der Waals surface area contributed by atoms with E-state index in [0.717, 1.165) is 18.4 Å². The molecule has 0 aromatic heterocycles. The molecular weight excluding hydrogens is 174 g/mol. The van der Waals surface area contributed by atoms with Crippen molar-refractivity contribution in [3.63, 3.8) is 0 Å². The minimum atomic E-state index is 0.328. The van der Waals surface area contributed by atoms with Crippen molar-refractivity contribution in [3.8, 4) is 5.75 Å². The van der Waals surface area contributed by atoms with Crippen LogP contribution in [-0.4, -0.2) is 11.1 Å². The number of rotatable bonds is 2. The van der Waals surface area contributed by atoms with Gasteiger partial charge in [-0.05, 0) is 36.8 Å². The molecule has 0 spiro atoms. The van der Waals surface area contributed by atoms with Gasteiger partial charge in [-0.1, -0.05) is 24.6 Å². The molecule has 1 aliphatic carbocycles. The van der Waals surface area contributed by atoms with Crippen molar-refractivity contribution in [1.82, 2.24) is 0 Å². The Bertz CT molecular complexity index is 311. The summed E-state index contributed by atoms with van der Waals surface area (Å²) in [6, 6.07) is 7.88. The van der Waals surface area contributed by atoms with Crippen LogP contribution in [0.1, 0.15) is 24.8 Å². The Labute approximate surface area is 84.7 Å². The van der Waals surface area contributed by atoms with Gasteiger partial charge in [0.1, 0.15) is 5.75 Å². The van der Waals surface area contributed by atoms with Crippen molar-refractivity contribution in [3.05, 3.63) is 29.8 Å². The van der Waals surface area contributed by atoms with Crippen LogP contribution >= 0.6 is 0 Å². The van der Waals surface area contributed by atoms with Crippen LogP contribution in [0.3, 0.4) is 0 Å². The van der Waals surface area contributed by atoms with Crippen molar-refractivity contribution in [2.75, 3.05) is 0 Å². The van der Waals surface area contributed by atoms with Gasteiger partial charge >= 0.3 is 0 Å². The number of hydrogen-bond donors (Lipinski definition) is 2. The number of benzene rings is 1. The molecule has 0 bridgehead atoms. The summed E-state index contributed by atoms with van der Waals surface area (Å²) in [5.41, 5.74) is 7.03. The number of phenolic OH excluding ortho intramolecular Hbond substituents is 1. The molecule has 0 radical (unpaired) electrons. The molecule has 14 heavy (non-hydrogen) atoms. The second kappa shape index (κ2) is 4.01. The molecule has 1 saturated carbocycles. The summed E-state index contributed by atoms with van der Waals surface area (Å²) in [6.07, 6.45) is 4.50. The van der Waals surface area contributed by atoms with E-state index in [1.54, 1.807) is 6.07 Å². The summed E-state index contributed by atoms with van der Waals surface area (Å²) >= 11 is 0. The van der Waals surface area contributed by atoms with Gasteiger partial charge < -0.3 is 10.8 Å². The third kappa shape index (κ3) is 1.90. The van der Waals surface area contributed by atoms with E-state index >= 15 is 0 Å². The largest absolute Gasteiger partial charge is 0.508 e. The van der Waals surface area contributed by atoms with Gasteiger partial charge in [0.2, 0.25) is 0 Å². The van der Waals surface area contributed by atoms with E-state index in [4.69, 9.17) is 5.73 Å². The fraction of sp³-hybridized carbons (Fsp3) is 0.500. The van der Waals surface area contributed by atoms with Gasteiger partial charge in [0.05, 0.1) is 0 Å². The van der Waals surface area contributed by atoms with Gasteiger partial charge in [-0.3, -0.25) is 0 Å². The summed E-state index contributed by atoms with van der Waals surface area (Å²) < 4.78 is 0. The highest BCUT2D eigenvalue weighted by atomic mass is 16.3. The van der Waals surface area contributed by atoms with Crippen molar-refractivity contribution >= 4 is 0 Å². The summed E-state index contributed by atoms with van der Waals surface area (Å²) in [5, 5.41) is 9.62. The van der Waals surface area contributed by atoms with Gasteiger partial charge in [-0.15, -0.1) is 0 Å². The number of phenols is 1. The molecule has 0 aliphatic heterocycles. The highest BCUT2D eigenvalue weighted by Crippen LogP contribution is 2.29. The predicted octanol–water partition coefficient (Wildman–Crippen LogP) is 2.06. The average molecular weight is 191 g/mol. The SMILES string of the molecule is NC1CCCC1Cc1ccccc1O. The molecule has 1 aromatic rings. The van der Waals surface area contributed by atoms with Crippen LogP contribution in [0.15, 0.2) is 24.3 Å². The number of para-hydroxylation sites is 1. The van der Waals surface area contributed by atoms with E-state index in [0.29, 0.717) is 17.7 Å². The van der Waals surface area contributed by atoms with Crippen molar-refractivity contribution in [1.29, 1.82) is 0 Å². The minimum absolute atomic E-state index is 0.328. The minimum Gasteiger partial charge on any atom is -0.508 e. The van der Waals surface area contributed by atoms with Crippen LogP contribution in [-0.2, 0) is 6.42 Å². The van der Waals surface area contributed by atoms with E-state index in [9.17, 15) is 5.11 Å². The van der Waals surface area contributed by atoms with Crippen LogP contribution in [0.4, 0.5) is 0 Å². The summed E-state index contributed by atoms with van der Waals surface area (Å²) in [7, 11) is 0. The quantitative estimate of drug-likeness (QED) is 0.751. The second-order valence-electron chi connectivity index (χ2n) is 4.19. The first kappa shape index (κ1) is 9.53. The van der Waals surface area contributed by atoms with Crippen LogP contribution in [0.25, 0.3) is 0 Å². The van der Waals surface area contributed by atoms with Crippen LogP contribution in [0.2, 0.25) is 0 Å². The van der Waals surface area contributed by atoms with E-state index in [1.165, 1.54) is 12.8 Å². The molecule has 1 aliphatic rings. The lowest BCUT2D eigenvalue weighted by Crippen LogP contribution is -2.25. The van der Waals surface area contributed by atoms with Crippen molar-refractivity contribution in [2.45, 2.75) is 31.7 Å². The topological polar surface area (TPSA) is 46.2 Å². The van der Waals surface area contributed by atoms with Crippen molar-refractivity contribution < 1.29 is 5.11 Å². The molecule has 2 rings (SSSR count).